The average Bonchev–Trinajstić information content (AvgIpc) is 2.71. The summed E-state index contributed by atoms with van der Waals surface area (Å²) in [6.45, 7) is 1.67. The molecule has 1 atom stereocenters. The van der Waals surface area contributed by atoms with E-state index in [1.165, 1.54) is 6.07 Å². The van der Waals surface area contributed by atoms with Crippen molar-refractivity contribution in [1.29, 1.82) is 0 Å². The largest absolute Gasteiger partial charge is 0.475 e. The van der Waals surface area contributed by atoms with Crippen molar-refractivity contribution >= 4 is 32.7 Å². The number of benzene rings is 1. The molecule has 0 aliphatic carbocycles. The highest BCUT2D eigenvalue weighted by atomic mass is 79.9. The molecule has 100 valence electrons. The smallest absolute Gasteiger partial charge is 0.371 e. The molecule has 1 heterocycles. The summed E-state index contributed by atoms with van der Waals surface area (Å²) in [7, 11) is -1.24. The number of carboxylic acids is 1. The van der Waals surface area contributed by atoms with Crippen LogP contribution in [0.1, 0.15) is 21.9 Å². The molecule has 0 bridgehead atoms. The third-order valence-corrected chi connectivity index (χ3v) is 4.42. The van der Waals surface area contributed by atoms with Crippen molar-refractivity contribution in [2.24, 2.45) is 0 Å². The monoisotopic (exact) mass is 342 g/mol. The summed E-state index contributed by atoms with van der Waals surface area (Å²) in [5.41, 5.74) is 0.649. The fourth-order valence-electron chi connectivity index (χ4n) is 1.60. The summed E-state index contributed by atoms with van der Waals surface area (Å²) in [5.74, 6) is -0.527. The molecule has 0 aliphatic rings. The van der Waals surface area contributed by atoms with E-state index in [9.17, 15) is 9.00 Å². The van der Waals surface area contributed by atoms with E-state index in [-0.39, 0.29) is 11.5 Å². The Hall–Kier alpha value is -1.40. The van der Waals surface area contributed by atoms with E-state index in [2.05, 4.69) is 15.9 Å². The summed E-state index contributed by atoms with van der Waals surface area (Å²) >= 11 is 3.32. The minimum atomic E-state index is -1.24. The first kappa shape index (κ1) is 14.0. The van der Waals surface area contributed by atoms with Crippen molar-refractivity contribution in [2.75, 3.05) is 0 Å². The van der Waals surface area contributed by atoms with Crippen LogP contribution in [0.5, 0.6) is 0 Å². The Morgan fingerprint density at radius 3 is 2.74 bits per heavy atom. The molecular formula is C13H11BrO4S. The number of aromatic carboxylic acids is 1. The lowest BCUT2D eigenvalue weighted by atomic mass is 10.3. The van der Waals surface area contributed by atoms with Crippen LogP contribution in [-0.4, -0.2) is 15.3 Å². The maximum Gasteiger partial charge on any atom is 0.371 e. The molecule has 0 radical (unpaired) electrons. The van der Waals surface area contributed by atoms with Crippen molar-refractivity contribution in [1.82, 2.24) is 0 Å². The predicted molar refractivity (Wildman–Crippen MR) is 74.7 cm³/mol. The molecule has 1 unspecified atom stereocenters. The van der Waals surface area contributed by atoms with Gasteiger partial charge in [0.1, 0.15) is 5.76 Å². The Kier molecular flexibility index (Phi) is 4.21. The van der Waals surface area contributed by atoms with Gasteiger partial charge in [0, 0.05) is 14.9 Å². The molecule has 0 saturated heterocycles. The zero-order valence-corrected chi connectivity index (χ0v) is 12.5. The molecule has 0 fully saturated rings. The molecule has 2 rings (SSSR count). The fourth-order valence-corrected chi connectivity index (χ4v) is 3.38. The van der Waals surface area contributed by atoms with Crippen LogP contribution in [-0.2, 0) is 16.6 Å². The van der Waals surface area contributed by atoms with Crippen LogP contribution >= 0.6 is 15.9 Å². The van der Waals surface area contributed by atoms with Gasteiger partial charge in [-0.3, -0.25) is 4.21 Å². The van der Waals surface area contributed by atoms with E-state index in [1.807, 2.05) is 12.1 Å². The molecule has 2 aromatic rings. The zero-order valence-electron chi connectivity index (χ0n) is 10.1. The van der Waals surface area contributed by atoms with E-state index in [1.54, 1.807) is 19.1 Å². The quantitative estimate of drug-likeness (QED) is 0.924. The van der Waals surface area contributed by atoms with E-state index in [4.69, 9.17) is 9.52 Å². The van der Waals surface area contributed by atoms with Crippen LogP contribution in [0.3, 0.4) is 0 Å². The summed E-state index contributed by atoms with van der Waals surface area (Å²) in [5, 5.41) is 8.83. The van der Waals surface area contributed by atoms with Gasteiger partial charge in [-0.05, 0) is 31.2 Å². The molecule has 0 saturated carbocycles. The van der Waals surface area contributed by atoms with Crippen LogP contribution in [0.4, 0.5) is 0 Å². The molecule has 1 N–H and O–H groups in total. The number of halogens is 1. The number of hydrogen-bond acceptors (Lipinski definition) is 3. The van der Waals surface area contributed by atoms with Crippen LogP contribution in [0.25, 0.3) is 0 Å². The topological polar surface area (TPSA) is 67.5 Å². The third-order valence-electron chi connectivity index (χ3n) is 2.58. The van der Waals surface area contributed by atoms with Crippen molar-refractivity contribution in [2.45, 2.75) is 17.6 Å². The number of furan rings is 1. The van der Waals surface area contributed by atoms with E-state index in [0.29, 0.717) is 16.2 Å². The molecule has 6 heteroatoms. The van der Waals surface area contributed by atoms with Crippen molar-refractivity contribution in [3.63, 3.8) is 0 Å². The first-order valence-corrected chi connectivity index (χ1v) is 7.55. The standard InChI is InChI=1S/C13H11BrO4S/c1-8-9(5-12(18-8)13(15)16)7-19(17)11-4-2-3-10(14)6-11/h2-6H,7H2,1H3,(H,15,16). The number of aryl methyl sites for hydroxylation is 1. The molecule has 4 nitrogen and oxygen atoms in total. The van der Waals surface area contributed by atoms with Gasteiger partial charge in [0.25, 0.3) is 0 Å². The second-order valence-electron chi connectivity index (χ2n) is 3.94. The lowest BCUT2D eigenvalue weighted by molar-refractivity contribution is 0.0661. The highest BCUT2D eigenvalue weighted by Crippen LogP contribution is 2.21. The minimum absolute atomic E-state index is 0.126. The first-order valence-electron chi connectivity index (χ1n) is 5.44. The normalized spacial score (nSPS) is 12.3. The fraction of sp³-hybridized carbons (Fsp3) is 0.154. The van der Waals surface area contributed by atoms with Gasteiger partial charge in [0.05, 0.1) is 16.6 Å². The predicted octanol–water partition coefficient (Wildman–Crippen LogP) is 3.36. The lowest BCUT2D eigenvalue weighted by Gasteiger charge is -2.01. The van der Waals surface area contributed by atoms with Gasteiger partial charge in [-0.25, -0.2) is 4.79 Å². The van der Waals surface area contributed by atoms with Crippen molar-refractivity contribution in [3.8, 4) is 0 Å². The van der Waals surface area contributed by atoms with Crippen LogP contribution < -0.4 is 0 Å². The second kappa shape index (κ2) is 5.71. The van der Waals surface area contributed by atoms with E-state index in [0.717, 1.165) is 4.47 Å². The van der Waals surface area contributed by atoms with Crippen LogP contribution in [0, 0.1) is 6.92 Å². The first-order chi connectivity index (χ1) is 8.97. The Labute approximate surface area is 121 Å². The molecule has 0 amide bonds. The van der Waals surface area contributed by atoms with E-state index >= 15 is 0 Å². The van der Waals surface area contributed by atoms with Crippen LogP contribution in [0.2, 0.25) is 0 Å². The second-order valence-corrected chi connectivity index (χ2v) is 6.31. The number of carbonyl (C=O) groups is 1. The van der Waals surface area contributed by atoms with Gasteiger partial charge in [0.2, 0.25) is 5.76 Å². The number of rotatable bonds is 4. The van der Waals surface area contributed by atoms with Crippen molar-refractivity contribution < 1.29 is 18.5 Å². The summed E-state index contributed by atoms with van der Waals surface area (Å²) in [6, 6.07) is 8.64. The summed E-state index contributed by atoms with van der Waals surface area (Å²) < 4.78 is 18.1. The number of hydrogen-bond donors (Lipinski definition) is 1. The highest BCUT2D eigenvalue weighted by Gasteiger charge is 2.15. The van der Waals surface area contributed by atoms with Gasteiger partial charge in [-0.1, -0.05) is 22.0 Å². The molecule has 0 spiro atoms. The molecule has 1 aromatic heterocycles. The summed E-state index contributed by atoms with van der Waals surface area (Å²) in [4.78, 5) is 11.5. The lowest BCUT2D eigenvalue weighted by Crippen LogP contribution is -1.97. The average molecular weight is 343 g/mol. The van der Waals surface area contributed by atoms with Gasteiger partial charge in [-0.2, -0.15) is 0 Å². The molecule has 1 aromatic carbocycles. The Bertz CT molecular complexity index is 648. The van der Waals surface area contributed by atoms with Crippen LogP contribution in [0.15, 0.2) is 44.1 Å². The SMILES string of the molecule is Cc1oc(C(=O)O)cc1CS(=O)c1cccc(Br)c1. The Morgan fingerprint density at radius 1 is 1.42 bits per heavy atom. The zero-order chi connectivity index (χ0) is 14.0. The molecule has 19 heavy (non-hydrogen) atoms. The molecule has 0 aliphatic heterocycles. The van der Waals surface area contributed by atoms with Gasteiger partial charge < -0.3 is 9.52 Å². The highest BCUT2D eigenvalue weighted by molar-refractivity contribution is 9.10. The maximum atomic E-state index is 12.2. The third kappa shape index (κ3) is 3.33. The maximum absolute atomic E-state index is 12.2. The van der Waals surface area contributed by atoms with Crippen molar-refractivity contribution in [3.05, 3.63) is 51.9 Å². The number of carboxylic acid groups (broad SMARTS) is 1. The van der Waals surface area contributed by atoms with Gasteiger partial charge >= 0.3 is 5.97 Å². The molecular weight excluding hydrogens is 332 g/mol. The van der Waals surface area contributed by atoms with E-state index < -0.39 is 16.8 Å². The van der Waals surface area contributed by atoms with Gasteiger partial charge in [-0.15, -0.1) is 0 Å². The Morgan fingerprint density at radius 2 is 2.16 bits per heavy atom. The Balaban J connectivity index is 2.21. The van der Waals surface area contributed by atoms with Gasteiger partial charge in [0.15, 0.2) is 0 Å². The minimum Gasteiger partial charge on any atom is -0.475 e. The summed E-state index contributed by atoms with van der Waals surface area (Å²) in [6.07, 6.45) is 0.